The highest BCUT2D eigenvalue weighted by Gasteiger charge is 2.21. The highest BCUT2D eigenvalue weighted by molar-refractivity contribution is 7.10. The molecule has 1 heterocycles. The lowest BCUT2D eigenvalue weighted by molar-refractivity contribution is 0.443. The van der Waals surface area contributed by atoms with Gasteiger partial charge in [0.2, 0.25) is 0 Å². The average molecular weight is 299 g/mol. The molecule has 1 aliphatic rings. The predicted octanol–water partition coefficient (Wildman–Crippen LogP) is 5.30. The van der Waals surface area contributed by atoms with Crippen molar-refractivity contribution in [1.82, 2.24) is 5.32 Å². The van der Waals surface area contributed by atoms with E-state index in [9.17, 15) is 0 Å². The first-order chi connectivity index (χ1) is 10.4. The minimum atomic E-state index is 0.532. The van der Waals surface area contributed by atoms with E-state index in [0.717, 1.165) is 6.54 Å². The van der Waals surface area contributed by atoms with E-state index in [0.29, 0.717) is 12.0 Å². The number of rotatable bonds is 6. The van der Waals surface area contributed by atoms with Crippen molar-refractivity contribution in [3.63, 3.8) is 0 Å². The number of fused-ring (bicyclic) bond motifs is 1. The van der Waals surface area contributed by atoms with Crippen molar-refractivity contribution in [2.75, 3.05) is 6.54 Å². The molecule has 2 atom stereocenters. The molecule has 2 aromatic rings. The van der Waals surface area contributed by atoms with Crippen LogP contribution in [0.1, 0.15) is 60.6 Å². The van der Waals surface area contributed by atoms with E-state index in [1.54, 1.807) is 11.1 Å². The molecule has 1 N–H and O–H groups in total. The summed E-state index contributed by atoms with van der Waals surface area (Å²) < 4.78 is 0. The Morgan fingerprint density at radius 2 is 2.14 bits per heavy atom. The van der Waals surface area contributed by atoms with E-state index in [1.807, 2.05) is 11.3 Å². The van der Waals surface area contributed by atoms with Gasteiger partial charge in [-0.05, 0) is 54.2 Å². The Bertz CT molecular complexity index is 546. The highest BCUT2D eigenvalue weighted by Crippen LogP contribution is 2.32. The summed E-state index contributed by atoms with van der Waals surface area (Å²) in [5.41, 5.74) is 3.15. The minimum absolute atomic E-state index is 0.532. The SMILES string of the molecule is CCCC(NCC1CCCc2ccccc21)c1cccs1. The quantitative estimate of drug-likeness (QED) is 0.763. The first kappa shape index (κ1) is 14.8. The highest BCUT2D eigenvalue weighted by atomic mass is 32.1. The second kappa shape index (κ2) is 7.24. The zero-order valence-corrected chi connectivity index (χ0v) is 13.7. The van der Waals surface area contributed by atoms with Gasteiger partial charge in [0, 0.05) is 17.5 Å². The van der Waals surface area contributed by atoms with Crippen LogP contribution in [0.25, 0.3) is 0 Å². The van der Waals surface area contributed by atoms with E-state index >= 15 is 0 Å². The first-order valence-electron chi connectivity index (χ1n) is 8.23. The van der Waals surface area contributed by atoms with Crippen molar-refractivity contribution in [2.24, 2.45) is 0 Å². The van der Waals surface area contributed by atoms with Crippen LogP contribution in [0.3, 0.4) is 0 Å². The summed E-state index contributed by atoms with van der Waals surface area (Å²) in [5.74, 6) is 0.689. The van der Waals surface area contributed by atoms with Gasteiger partial charge in [0.1, 0.15) is 0 Å². The molecule has 1 aromatic carbocycles. The van der Waals surface area contributed by atoms with Crippen molar-refractivity contribution in [1.29, 1.82) is 0 Å². The summed E-state index contributed by atoms with van der Waals surface area (Å²) in [6, 6.07) is 14.0. The monoisotopic (exact) mass is 299 g/mol. The molecule has 112 valence electrons. The molecule has 1 aromatic heterocycles. The normalized spacial score (nSPS) is 19.2. The van der Waals surface area contributed by atoms with Gasteiger partial charge in [-0.15, -0.1) is 11.3 Å². The zero-order chi connectivity index (χ0) is 14.5. The van der Waals surface area contributed by atoms with E-state index in [4.69, 9.17) is 0 Å². The van der Waals surface area contributed by atoms with E-state index < -0.39 is 0 Å². The van der Waals surface area contributed by atoms with Gasteiger partial charge in [-0.25, -0.2) is 0 Å². The topological polar surface area (TPSA) is 12.0 Å². The molecule has 2 heteroatoms. The van der Waals surface area contributed by atoms with Crippen LogP contribution >= 0.6 is 11.3 Å². The van der Waals surface area contributed by atoms with Crippen LogP contribution in [0.15, 0.2) is 41.8 Å². The Morgan fingerprint density at radius 3 is 2.95 bits per heavy atom. The van der Waals surface area contributed by atoms with Crippen LogP contribution in [0.4, 0.5) is 0 Å². The molecule has 0 spiro atoms. The fourth-order valence-corrected chi connectivity index (χ4v) is 4.31. The fraction of sp³-hybridized carbons (Fsp3) is 0.474. The standard InChI is InChI=1S/C19H25NS/c1-2-7-18(19-12-6-13-21-19)20-14-16-10-5-9-15-8-3-4-11-17(15)16/h3-4,6,8,11-13,16,18,20H,2,5,7,9-10,14H2,1H3. The van der Waals surface area contributed by atoms with Gasteiger partial charge in [0.25, 0.3) is 0 Å². The Balaban J connectivity index is 1.67. The third-order valence-electron chi connectivity index (χ3n) is 4.57. The molecular formula is C19H25NS. The molecular weight excluding hydrogens is 274 g/mol. The number of nitrogens with one attached hydrogen (secondary N) is 1. The van der Waals surface area contributed by atoms with Gasteiger partial charge >= 0.3 is 0 Å². The van der Waals surface area contributed by atoms with Crippen molar-refractivity contribution in [2.45, 2.75) is 51.0 Å². The fourth-order valence-electron chi connectivity index (χ4n) is 3.47. The molecule has 2 unspecified atom stereocenters. The lowest BCUT2D eigenvalue weighted by Gasteiger charge is -2.28. The number of hydrogen-bond acceptors (Lipinski definition) is 2. The zero-order valence-electron chi connectivity index (χ0n) is 12.8. The first-order valence-corrected chi connectivity index (χ1v) is 9.11. The molecule has 0 saturated carbocycles. The second-order valence-electron chi connectivity index (χ2n) is 6.05. The van der Waals surface area contributed by atoms with Crippen LogP contribution in [-0.4, -0.2) is 6.54 Å². The molecule has 1 nitrogen and oxygen atoms in total. The molecule has 0 amide bonds. The lowest BCUT2D eigenvalue weighted by Crippen LogP contribution is -2.28. The number of hydrogen-bond donors (Lipinski definition) is 1. The Hall–Kier alpha value is -1.12. The summed E-state index contributed by atoms with van der Waals surface area (Å²) in [6.45, 7) is 3.39. The number of aryl methyl sites for hydroxylation is 1. The van der Waals surface area contributed by atoms with Crippen molar-refractivity contribution in [3.8, 4) is 0 Å². The second-order valence-corrected chi connectivity index (χ2v) is 7.03. The molecule has 21 heavy (non-hydrogen) atoms. The maximum atomic E-state index is 3.84. The lowest BCUT2D eigenvalue weighted by atomic mass is 9.82. The van der Waals surface area contributed by atoms with Crippen LogP contribution in [0.5, 0.6) is 0 Å². The molecule has 0 bridgehead atoms. The van der Waals surface area contributed by atoms with Crippen LogP contribution in [-0.2, 0) is 6.42 Å². The van der Waals surface area contributed by atoms with Crippen molar-refractivity contribution < 1.29 is 0 Å². The summed E-state index contributed by atoms with van der Waals surface area (Å²) >= 11 is 1.88. The van der Waals surface area contributed by atoms with Gasteiger partial charge in [-0.2, -0.15) is 0 Å². The Labute approximate surface area is 132 Å². The number of benzene rings is 1. The molecule has 0 saturated heterocycles. The van der Waals surface area contributed by atoms with Gasteiger partial charge in [-0.1, -0.05) is 43.7 Å². The Morgan fingerprint density at radius 1 is 1.24 bits per heavy atom. The smallest absolute Gasteiger partial charge is 0.0414 e. The van der Waals surface area contributed by atoms with E-state index in [1.165, 1.54) is 37.0 Å². The molecule has 0 fully saturated rings. The average Bonchev–Trinajstić information content (AvgIpc) is 3.05. The number of thiophene rings is 1. The van der Waals surface area contributed by atoms with E-state index in [-0.39, 0.29) is 0 Å². The summed E-state index contributed by atoms with van der Waals surface area (Å²) in [4.78, 5) is 1.49. The van der Waals surface area contributed by atoms with Crippen LogP contribution in [0, 0.1) is 0 Å². The molecule has 0 aliphatic heterocycles. The minimum Gasteiger partial charge on any atom is -0.309 e. The van der Waals surface area contributed by atoms with Gasteiger partial charge in [0.05, 0.1) is 0 Å². The third kappa shape index (κ3) is 3.56. The summed E-state index contributed by atoms with van der Waals surface area (Å²) in [7, 11) is 0. The summed E-state index contributed by atoms with van der Waals surface area (Å²) in [6.07, 6.45) is 6.38. The molecule has 1 aliphatic carbocycles. The van der Waals surface area contributed by atoms with Crippen LogP contribution in [0.2, 0.25) is 0 Å². The molecule has 3 rings (SSSR count). The van der Waals surface area contributed by atoms with Gasteiger partial charge < -0.3 is 5.32 Å². The van der Waals surface area contributed by atoms with Crippen LogP contribution < -0.4 is 5.32 Å². The third-order valence-corrected chi connectivity index (χ3v) is 5.55. The van der Waals surface area contributed by atoms with Gasteiger partial charge in [-0.3, -0.25) is 0 Å². The predicted molar refractivity (Wildman–Crippen MR) is 92.1 cm³/mol. The maximum absolute atomic E-state index is 3.84. The summed E-state index contributed by atoms with van der Waals surface area (Å²) in [5, 5.41) is 6.03. The molecule has 0 radical (unpaired) electrons. The maximum Gasteiger partial charge on any atom is 0.0414 e. The van der Waals surface area contributed by atoms with Gasteiger partial charge in [0.15, 0.2) is 0 Å². The van der Waals surface area contributed by atoms with E-state index in [2.05, 4.69) is 54.0 Å². The van der Waals surface area contributed by atoms with Crippen molar-refractivity contribution >= 4 is 11.3 Å². The Kier molecular flexibility index (Phi) is 5.10. The van der Waals surface area contributed by atoms with Crippen molar-refractivity contribution in [3.05, 3.63) is 57.8 Å². The largest absolute Gasteiger partial charge is 0.309 e.